The summed E-state index contributed by atoms with van der Waals surface area (Å²) in [4.78, 5) is 11.5. The van der Waals surface area contributed by atoms with Gasteiger partial charge in [-0.2, -0.15) is 0 Å². The van der Waals surface area contributed by atoms with Gasteiger partial charge in [0.1, 0.15) is 0 Å². The molecular weight excluding hydrogens is 166 g/mol. The minimum absolute atomic E-state index is 0.159. The summed E-state index contributed by atoms with van der Waals surface area (Å²) in [5.74, 6) is 0.376. The molecule has 74 valence electrons. The number of rotatable bonds is 0. The van der Waals surface area contributed by atoms with Gasteiger partial charge in [0, 0.05) is 30.6 Å². The van der Waals surface area contributed by atoms with Crippen LogP contribution in [0.4, 0.5) is 0 Å². The van der Waals surface area contributed by atoms with Gasteiger partial charge in [-0.05, 0) is 19.8 Å². The summed E-state index contributed by atoms with van der Waals surface area (Å²) >= 11 is 0. The molecule has 2 atom stereocenters. The van der Waals surface area contributed by atoms with Crippen LogP contribution in [0.1, 0.15) is 26.7 Å². The average molecular weight is 183 g/mol. The van der Waals surface area contributed by atoms with Gasteiger partial charge in [0.05, 0.1) is 0 Å². The molecule has 2 unspecified atom stereocenters. The summed E-state index contributed by atoms with van der Waals surface area (Å²) in [5.41, 5.74) is 0.176. The lowest BCUT2D eigenvalue weighted by atomic mass is 9.69. The molecule has 1 N–H and O–H groups in total. The fraction of sp³-hybridized carbons (Fsp3) is 0.900. The van der Waals surface area contributed by atoms with E-state index in [4.69, 9.17) is 4.74 Å². The van der Waals surface area contributed by atoms with Crippen LogP contribution in [0.3, 0.4) is 0 Å². The highest BCUT2D eigenvalue weighted by molar-refractivity contribution is 5.82. The number of hydrogen-bond acceptors (Lipinski definition) is 2. The van der Waals surface area contributed by atoms with E-state index < -0.39 is 0 Å². The molecule has 1 amide bonds. The third-order valence-electron chi connectivity index (χ3n) is 3.90. The van der Waals surface area contributed by atoms with Crippen molar-refractivity contribution in [3.05, 3.63) is 0 Å². The zero-order valence-electron chi connectivity index (χ0n) is 8.30. The van der Waals surface area contributed by atoms with E-state index in [0.717, 1.165) is 26.1 Å². The molecule has 2 fully saturated rings. The van der Waals surface area contributed by atoms with Crippen molar-refractivity contribution < 1.29 is 9.53 Å². The molecule has 2 aliphatic heterocycles. The van der Waals surface area contributed by atoms with Crippen LogP contribution in [0.5, 0.6) is 0 Å². The molecule has 2 aliphatic rings. The first-order valence-electron chi connectivity index (χ1n) is 5.05. The average Bonchev–Trinajstić information content (AvgIpc) is 2.34. The van der Waals surface area contributed by atoms with E-state index in [1.165, 1.54) is 0 Å². The smallest absolute Gasteiger partial charge is 0.223 e. The Hall–Kier alpha value is -0.570. The zero-order valence-corrected chi connectivity index (χ0v) is 8.30. The van der Waals surface area contributed by atoms with Gasteiger partial charge in [-0.3, -0.25) is 4.79 Å². The van der Waals surface area contributed by atoms with Crippen LogP contribution in [0.2, 0.25) is 0 Å². The first-order valence-corrected chi connectivity index (χ1v) is 5.05. The van der Waals surface area contributed by atoms with Gasteiger partial charge < -0.3 is 10.1 Å². The normalized spacial score (nSPS) is 37.8. The second-order valence-corrected chi connectivity index (χ2v) is 4.30. The summed E-state index contributed by atoms with van der Waals surface area (Å²) in [6.45, 7) is 5.78. The van der Waals surface area contributed by atoms with Crippen LogP contribution >= 0.6 is 0 Å². The van der Waals surface area contributed by atoms with Crippen molar-refractivity contribution in [1.82, 2.24) is 5.32 Å². The van der Waals surface area contributed by atoms with Crippen molar-refractivity contribution in [1.29, 1.82) is 0 Å². The minimum Gasteiger partial charge on any atom is -0.381 e. The van der Waals surface area contributed by atoms with Crippen molar-refractivity contribution >= 4 is 5.91 Å². The Balaban J connectivity index is 2.23. The van der Waals surface area contributed by atoms with Crippen molar-refractivity contribution in [2.24, 2.45) is 11.3 Å². The highest BCUT2D eigenvalue weighted by Gasteiger charge is 2.50. The molecule has 0 aromatic heterocycles. The first kappa shape index (κ1) is 9.00. The molecule has 0 saturated carbocycles. The third-order valence-corrected chi connectivity index (χ3v) is 3.90. The summed E-state index contributed by atoms with van der Waals surface area (Å²) in [7, 11) is 0. The minimum atomic E-state index is 0.159. The van der Waals surface area contributed by atoms with Gasteiger partial charge in [-0.25, -0.2) is 0 Å². The number of carbonyl (C=O) groups excluding carboxylic acids is 1. The molecule has 2 heterocycles. The molecule has 3 heteroatoms. The fourth-order valence-electron chi connectivity index (χ4n) is 2.74. The highest BCUT2D eigenvalue weighted by Crippen LogP contribution is 2.45. The maximum atomic E-state index is 11.5. The lowest BCUT2D eigenvalue weighted by Crippen LogP contribution is -2.41. The molecular formula is C10H17NO2. The van der Waals surface area contributed by atoms with Crippen LogP contribution in [-0.4, -0.2) is 25.2 Å². The number of hydrogen-bond donors (Lipinski definition) is 1. The predicted molar refractivity (Wildman–Crippen MR) is 49.3 cm³/mol. The molecule has 2 rings (SSSR count). The van der Waals surface area contributed by atoms with Gasteiger partial charge in [0.25, 0.3) is 0 Å². The predicted octanol–water partition coefficient (Wildman–Crippen LogP) is 0.938. The van der Waals surface area contributed by atoms with E-state index in [1.807, 2.05) is 6.92 Å². The summed E-state index contributed by atoms with van der Waals surface area (Å²) in [6, 6.07) is 0.318. The van der Waals surface area contributed by atoms with Gasteiger partial charge in [0.2, 0.25) is 5.91 Å². The van der Waals surface area contributed by atoms with Gasteiger partial charge in [0.15, 0.2) is 0 Å². The Morgan fingerprint density at radius 1 is 1.38 bits per heavy atom. The van der Waals surface area contributed by atoms with Crippen molar-refractivity contribution in [3.8, 4) is 0 Å². The standard InChI is InChI=1S/C10H17NO2/c1-7-9(12)11-8(2)10(7)3-5-13-6-4-10/h7-8H,3-6H2,1-2H3,(H,11,12). The van der Waals surface area contributed by atoms with Crippen LogP contribution in [0.15, 0.2) is 0 Å². The van der Waals surface area contributed by atoms with E-state index in [-0.39, 0.29) is 17.2 Å². The van der Waals surface area contributed by atoms with Gasteiger partial charge in [-0.15, -0.1) is 0 Å². The fourth-order valence-corrected chi connectivity index (χ4v) is 2.74. The number of nitrogens with one attached hydrogen (secondary N) is 1. The second kappa shape index (κ2) is 2.98. The molecule has 1 spiro atoms. The summed E-state index contributed by atoms with van der Waals surface area (Å²) in [5, 5.41) is 3.03. The third kappa shape index (κ3) is 1.17. The van der Waals surface area contributed by atoms with E-state index >= 15 is 0 Å². The summed E-state index contributed by atoms with van der Waals surface area (Å²) in [6.07, 6.45) is 2.04. The summed E-state index contributed by atoms with van der Waals surface area (Å²) < 4.78 is 5.35. The van der Waals surface area contributed by atoms with Crippen LogP contribution in [0, 0.1) is 11.3 Å². The Labute approximate surface area is 78.8 Å². The van der Waals surface area contributed by atoms with Crippen molar-refractivity contribution in [2.75, 3.05) is 13.2 Å². The molecule has 0 aromatic rings. The van der Waals surface area contributed by atoms with Crippen LogP contribution in [-0.2, 0) is 9.53 Å². The Morgan fingerprint density at radius 3 is 2.46 bits per heavy atom. The quantitative estimate of drug-likeness (QED) is 0.607. The van der Waals surface area contributed by atoms with E-state index in [1.54, 1.807) is 0 Å². The highest BCUT2D eigenvalue weighted by atomic mass is 16.5. The number of carbonyl (C=O) groups is 1. The van der Waals surface area contributed by atoms with Gasteiger partial charge >= 0.3 is 0 Å². The lowest BCUT2D eigenvalue weighted by Gasteiger charge is -2.38. The first-order chi connectivity index (χ1) is 6.17. The van der Waals surface area contributed by atoms with E-state index in [9.17, 15) is 4.79 Å². The van der Waals surface area contributed by atoms with Crippen molar-refractivity contribution in [3.63, 3.8) is 0 Å². The van der Waals surface area contributed by atoms with E-state index in [0.29, 0.717) is 6.04 Å². The molecule has 3 nitrogen and oxygen atoms in total. The number of amides is 1. The SMILES string of the molecule is CC1NC(=O)C(C)C12CCOCC2. The Bertz CT molecular complexity index is 221. The maximum Gasteiger partial charge on any atom is 0.223 e. The zero-order chi connectivity index (χ0) is 9.47. The van der Waals surface area contributed by atoms with Crippen molar-refractivity contribution in [2.45, 2.75) is 32.7 Å². The van der Waals surface area contributed by atoms with Crippen LogP contribution < -0.4 is 5.32 Å². The molecule has 0 radical (unpaired) electrons. The number of ether oxygens (including phenoxy) is 1. The topological polar surface area (TPSA) is 38.3 Å². The lowest BCUT2D eigenvalue weighted by molar-refractivity contribution is -0.124. The molecule has 0 aliphatic carbocycles. The van der Waals surface area contributed by atoms with Gasteiger partial charge in [-0.1, -0.05) is 6.92 Å². The Morgan fingerprint density at radius 2 is 2.00 bits per heavy atom. The Kier molecular flexibility index (Phi) is 2.06. The molecule has 0 aromatic carbocycles. The molecule has 0 bridgehead atoms. The largest absolute Gasteiger partial charge is 0.381 e. The molecule has 2 saturated heterocycles. The second-order valence-electron chi connectivity index (χ2n) is 4.30. The van der Waals surface area contributed by atoms with E-state index in [2.05, 4.69) is 12.2 Å². The molecule has 13 heavy (non-hydrogen) atoms. The maximum absolute atomic E-state index is 11.5. The van der Waals surface area contributed by atoms with Crippen LogP contribution in [0.25, 0.3) is 0 Å². The monoisotopic (exact) mass is 183 g/mol.